The van der Waals surface area contributed by atoms with Crippen LogP contribution in [0, 0.1) is 34.5 Å². The zero-order chi connectivity index (χ0) is 17.0. The minimum absolute atomic E-state index is 0.357. The van der Waals surface area contributed by atoms with E-state index in [1.54, 1.807) is 0 Å². The van der Waals surface area contributed by atoms with E-state index in [-0.39, 0.29) is 0 Å². The molecule has 0 saturated heterocycles. The number of fused-ring (bicyclic) bond motifs is 1. The zero-order valence-electron chi connectivity index (χ0n) is 16.0. The van der Waals surface area contributed by atoms with Gasteiger partial charge >= 0.3 is 0 Å². The molecular formula is C22H37N. The topological polar surface area (TPSA) is 12.0 Å². The molecule has 0 aromatic carbocycles. The Labute approximate surface area is 144 Å². The molecule has 0 radical (unpaired) electrons. The molecule has 0 heterocycles. The van der Waals surface area contributed by atoms with Crippen LogP contribution in [-0.4, -0.2) is 6.04 Å². The minimum atomic E-state index is 0.357. The van der Waals surface area contributed by atoms with Gasteiger partial charge in [0.05, 0.1) is 6.04 Å². The van der Waals surface area contributed by atoms with Gasteiger partial charge in [0, 0.05) is 5.70 Å². The average molecular weight is 316 g/mol. The predicted octanol–water partition coefficient (Wildman–Crippen LogP) is 5.93. The lowest BCUT2D eigenvalue weighted by Gasteiger charge is -2.45. The Bertz CT molecular complexity index is 494. The molecule has 1 N–H and O–H groups in total. The Hall–Kier alpha value is -0.720. The normalized spacial score (nSPS) is 38.5. The highest BCUT2D eigenvalue weighted by Gasteiger charge is 2.66. The van der Waals surface area contributed by atoms with Crippen molar-refractivity contribution in [3.05, 3.63) is 24.4 Å². The molecule has 3 rings (SSSR count). The SMILES string of the molecule is C=C(C)NC(C(=C)C1CC2C(C1C)C2(C)C)C1(C)CCCCC1. The number of nitrogens with one attached hydrogen (secondary N) is 1. The summed E-state index contributed by atoms with van der Waals surface area (Å²) in [5, 5.41) is 3.74. The molecule has 0 aromatic heterocycles. The molecule has 3 aliphatic rings. The molecular weight excluding hydrogens is 278 g/mol. The molecule has 3 saturated carbocycles. The molecule has 0 amide bonds. The van der Waals surface area contributed by atoms with Crippen molar-refractivity contribution in [2.24, 2.45) is 34.5 Å². The lowest BCUT2D eigenvalue weighted by Crippen LogP contribution is -2.47. The molecule has 5 atom stereocenters. The summed E-state index contributed by atoms with van der Waals surface area (Å²) >= 11 is 0. The Morgan fingerprint density at radius 1 is 1.09 bits per heavy atom. The van der Waals surface area contributed by atoms with Crippen LogP contribution >= 0.6 is 0 Å². The lowest BCUT2D eigenvalue weighted by atomic mass is 9.65. The van der Waals surface area contributed by atoms with Crippen LogP contribution in [0.15, 0.2) is 24.4 Å². The van der Waals surface area contributed by atoms with E-state index in [0.717, 1.165) is 23.5 Å². The van der Waals surface area contributed by atoms with Crippen molar-refractivity contribution in [1.82, 2.24) is 5.32 Å². The summed E-state index contributed by atoms with van der Waals surface area (Å²) in [6.45, 7) is 20.8. The smallest absolute Gasteiger partial charge is 0.0524 e. The second-order valence-corrected chi connectivity index (χ2v) is 9.80. The van der Waals surface area contributed by atoms with Gasteiger partial charge in [-0.2, -0.15) is 0 Å². The van der Waals surface area contributed by atoms with E-state index < -0.39 is 0 Å². The molecule has 0 aliphatic heterocycles. The number of hydrogen-bond donors (Lipinski definition) is 1. The van der Waals surface area contributed by atoms with E-state index in [1.807, 2.05) is 0 Å². The average Bonchev–Trinajstić information content (AvgIpc) is 2.82. The van der Waals surface area contributed by atoms with Crippen molar-refractivity contribution >= 4 is 0 Å². The summed E-state index contributed by atoms with van der Waals surface area (Å²) in [4.78, 5) is 0. The van der Waals surface area contributed by atoms with E-state index in [9.17, 15) is 0 Å². The number of hydrogen-bond acceptors (Lipinski definition) is 1. The Morgan fingerprint density at radius 3 is 2.17 bits per heavy atom. The Morgan fingerprint density at radius 2 is 1.70 bits per heavy atom. The lowest BCUT2D eigenvalue weighted by molar-refractivity contribution is 0.156. The fourth-order valence-corrected chi connectivity index (χ4v) is 6.33. The fraction of sp³-hybridized carbons (Fsp3) is 0.818. The molecule has 0 spiro atoms. The number of rotatable bonds is 5. The highest BCUT2D eigenvalue weighted by molar-refractivity contribution is 5.25. The first kappa shape index (κ1) is 17.1. The fourth-order valence-electron chi connectivity index (χ4n) is 6.33. The van der Waals surface area contributed by atoms with Gasteiger partial charge in [0.1, 0.15) is 0 Å². The van der Waals surface area contributed by atoms with Crippen molar-refractivity contribution < 1.29 is 0 Å². The maximum Gasteiger partial charge on any atom is 0.0524 e. The molecule has 130 valence electrons. The van der Waals surface area contributed by atoms with Gasteiger partial charge in [-0.3, -0.25) is 0 Å². The second-order valence-electron chi connectivity index (χ2n) is 9.80. The van der Waals surface area contributed by atoms with Gasteiger partial charge in [-0.05, 0) is 60.7 Å². The molecule has 0 aromatic rings. The quantitative estimate of drug-likeness (QED) is 0.620. The molecule has 23 heavy (non-hydrogen) atoms. The van der Waals surface area contributed by atoms with E-state index in [0.29, 0.717) is 22.8 Å². The minimum Gasteiger partial charge on any atom is -0.382 e. The Kier molecular flexibility index (Phi) is 4.22. The van der Waals surface area contributed by atoms with E-state index in [2.05, 4.69) is 53.1 Å². The highest BCUT2D eigenvalue weighted by atomic mass is 14.9. The standard InChI is InChI=1S/C22H37N/c1-14(2)23-20(22(7)11-9-8-10-12-22)16(4)17-13-18-19(15(17)3)21(18,5)6/h15,17-20,23H,1,4,8-13H2,2-3,5-7H3. The van der Waals surface area contributed by atoms with Gasteiger partial charge in [-0.1, -0.05) is 65.7 Å². The van der Waals surface area contributed by atoms with Crippen molar-refractivity contribution in [2.45, 2.75) is 79.2 Å². The maximum absolute atomic E-state index is 4.66. The van der Waals surface area contributed by atoms with Gasteiger partial charge in [-0.25, -0.2) is 0 Å². The highest BCUT2D eigenvalue weighted by Crippen LogP contribution is 2.71. The van der Waals surface area contributed by atoms with Crippen molar-refractivity contribution in [3.8, 4) is 0 Å². The molecule has 3 fully saturated rings. The molecule has 0 bridgehead atoms. The summed E-state index contributed by atoms with van der Waals surface area (Å²) in [5.74, 6) is 3.36. The Balaban J connectivity index is 1.78. The summed E-state index contributed by atoms with van der Waals surface area (Å²) in [5.41, 5.74) is 3.52. The molecule has 1 heteroatoms. The second kappa shape index (κ2) is 5.67. The summed E-state index contributed by atoms with van der Waals surface area (Å²) in [6, 6.07) is 0.411. The van der Waals surface area contributed by atoms with Crippen LogP contribution < -0.4 is 5.32 Å². The monoisotopic (exact) mass is 315 g/mol. The van der Waals surface area contributed by atoms with Crippen LogP contribution in [0.5, 0.6) is 0 Å². The third-order valence-electron chi connectivity index (χ3n) is 7.78. The van der Waals surface area contributed by atoms with E-state index in [1.165, 1.54) is 44.1 Å². The molecule has 3 aliphatic carbocycles. The van der Waals surface area contributed by atoms with Gasteiger partial charge in [0.15, 0.2) is 0 Å². The van der Waals surface area contributed by atoms with Gasteiger partial charge in [0.2, 0.25) is 0 Å². The van der Waals surface area contributed by atoms with Crippen molar-refractivity contribution in [1.29, 1.82) is 0 Å². The molecule has 1 nitrogen and oxygen atoms in total. The zero-order valence-corrected chi connectivity index (χ0v) is 16.0. The maximum atomic E-state index is 4.66. The molecule has 5 unspecified atom stereocenters. The predicted molar refractivity (Wildman–Crippen MR) is 100 cm³/mol. The van der Waals surface area contributed by atoms with Gasteiger partial charge in [0.25, 0.3) is 0 Å². The van der Waals surface area contributed by atoms with Gasteiger partial charge in [-0.15, -0.1) is 0 Å². The van der Waals surface area contributed by atoms with Crippen LogP contribution in [0.3, 0.4) is 0 Å². The summed E-state index contributed by atoms with van der Waals surface area (Å²) in [7, 11) is 0. The van der Waals surface area contributed by atoms with Crippen LogP contribution in [0.2, 0.25) is 0 Å². The largest absolute Gasteiger partial charge is 0.382 e. The summed E-state index contributed by atoms with van der Waals surface area (Å²) < 4.78 is 0. The first-order valence-electron chi connectivity index (χ1n) is 9.79. The van der Waals surface area contributed by atoms with Crippen molar-refractivity contribution in [2.75, 3.05) is 0 Å². The van der Waals surface area contributed by atoms with Crippen LogP contribution in [0.1, 0.15) is 73.1 Å². The van der Waals surface area contributed by atoms with Gasteiger partial charge < -0.3 is 5.32 Å². The van der Waals surface area contributed by atoms with Crippen LogP contribution in [0.4, 0.5) is 0 Å². The summed E-state index contributed by atoms with van der Waals surface area (Å²) in [6.07, 6.45) is 8.17. The van der Waals surface area contributed by atoms with Crippen LogP contribution in [-0.2, 0) is 0 Å². The number of allylic oxidation sites excluding steroid dienone is 1. The van der Waals surface area contributed by atoms with E-state index >= 15 is 0 Å². The van der Waals surface area contributed by atoms with E-state index in [4.69, 9.17) is 0 Å². The third-order valence-corrected chi connectivity index (χ3v) is 7.78. The third kappa shape index (κ3) is 2.79. The van der Waals surface area contributed by atoms with Crippen LogP contribution in [0.25, 0.3) is 0 Å². The van der Waals surface area contributed by atoms with Crippen molar-refractivity contribution in [3.63, 3.8) is 0 Å². The first-order chi connectivity index (χ1) is 10.7. The first-order valence-corrected chi connectivity index (χ1v) is 9.79.